The molecule has 130 valence electrons. The van der Waals surface area contributed by atoms with E-state index >= 15 is 0 Å². The number of nitrogens with one attached hydrogen (secondary N) is 2. The molecule has 0 saturated heterocycles. The van der Waals surface area contributed by atoms with Crippen molar-refractivity contribution in [2.75, 3.05) is 17.4 Å². The Morgan fingerprint density at radius 2 is 1.65 bits per heavy atom. The van der Waals surface area contributed by atoms with Gasteiger partial charge in [-0.05, 0) is 43.3 Å². The Labute approximate surface area is 150 Å². The van der Waals surface area contributed by atoms with Crippen LogP contribution in [0.1, 0.15) is 16.1 Å². The number of carbonyl (C=O) groups excluding carboxylic acids is 1. The molecule has 3 aromatic rings. The van der Waals surface area contributed by atoms with Gasteiger partial charge in [-0.15, -0.1) is 0 Å². The number of anilines is 3. The first kappa shape index (κ1) is 16.0. The first-order valence-electron chi connectivity index (χ1n) is 8.18. The van der Waals surface area contributed by atoms with Crippen molar-refractivity contribution in [1.29, 1.82) is 0 Å². The molecule has 4 rings (SSSR count). The van der Waals surface area contributed by atoms with Crippen LogP contribution in [0.25, 0.3) is 0 Å². The minimum atomic E-state index is -0.247. The summed E-state index contributed by atoms with van der Waals surface area (Å²) in [7, 11) is 0. The third-order valence-corrected chi connectivity index (χ3v) is 3.97. The largest absolute Gasteiger partial charge is 0.454 e. The molecule has 6 nitrogen and oxygen atoms in total. The van der Waals surface area contributed by atoms with Gasteiger partial charge in [0, 0.05) is 17.4 Å². The molecule has 0 fully saturated rings. The van der Waals surface area contributed by atoms with Crippen LogP contribution in [-0.2, 0) is 0 Å². The van der Waals surface area contributed by atoms with Crippen molar-refractivity contribution in [3.05, 3.63) is 72.1 Å². The molecule has 0 spiro atoms. The Kier molecular flexibility index (Phi) is 4.15. The number of aromatic nitrogens is 1. The molecule has 1 amide bonds. The quantitative estimate of drug-likeness (QED) is 0.743. The van der Waals surface area contributed by atoms with Crippen molar-refractivity contribution in [1.82, 2.24) is 4.98 Å². The standard InChI is InChI=1S/C20H17N3O3/c1-13-2-4-14(5-3-13)23-20(24)17-8-6-16(11-21-17)22-15-7-9-18-19(10-15)26-12-25-18/h2-11,22H,12H2,1H3,(H,23,24). The van der Waals surface area contributed by atoms with Crippen LogP contribution in [-0.4, -0.2) is 17.7 Å². The SMILES string of the molecule is Cc1ccc(NC(=O)c2ccc(Nc3ccc4c(c3)OCO4)cn2)cc1. The summed E-state index contributed by atoms with van der Waals surface area (Å²) in [6, 6.07) is 16.7. The zero-order valence-corrected chi connectivity index (χ0v) is 14.2. The molecule has 0 saturated carbocycles. The first-order valence-corrected chi connectivity index (χ1v) is 8.18. The highest BCUT2D eigenvalue weighted by Crippen LogP contribution is 2.35. The number of amides is 1. The van der Waals surface area contributed by atoms with Crippen molar-refractivity contribution in [3.8, 4) is 11.5 Å². The molecule has 26 heavy (non-hydrogen) atoms. The lowest BCUT2D eigenvalue weighted by molar-refractivity contribution is 0.102. The summed E-state index contributed by atoms with van der Waals surface area (Å²) in [6.07, 6.45) is 1.62. The average molecular weight is 347 g/mol. The predicted molar refractivity (Wildman–Crippen MR) is 99.2 cm³/mol. The molecule has 6 heteroatoms. The fraction of sp³-hybridized carbons (Fsp3) is 0.100. The van der Waals surface area contributed by atoms with Gasteiger partial charge in [0.05, 0.1) is 11.9 Å². The molecular formula is C20H17N3O3. The van der Waals surface area contributed by atoms with Crippen LogP contribution >= 0.6 is 0 Å². The van der Waals surface area contributed by atoms with Gasteiger partial charge in [-0.1, -0.05) is 17.7 Å². The zero-order valence-electron chi connectivity index (χ0n) is 14.2. The Balaban J connectivity index is 1.43. The van der Waals surface area contributed by atoms with E-state index in [1.165, 1.54) is 0 Å². The number of benzene rings is 2. The van der Waals surface area contributed by atoms with E-state index in [2.05, 4.69) is 15.6 Å². The van der Waals surface area contributed by atoms with Crippen LogP contribution in [0.5, 0.6) is 11.5 Å². The smallest absolute Gasteiger partial charge is 0.274 e. The van der Waals surface area contributed by atoms with Crippen molar-refractivity contribution in [2.45, 2.75) is 6.92 Å². The number of pyridine rings is 1. The highest BCUT2D eigenvalue weighted by Gasteiger charge is 2.13. The highest BCUT2D eigenvalue weighted by molar-refractivity contribution is 6.02. The van der Waals surface area contributed by atoms with Crippen LogP contribution in [0, 0.1) is 6.92 Å². The molecule has 0 aliphatic carbocycles. The monoisotopic (exact) mass is 347 g/mol. The number of nitrogens with zero attached hydrogens (tertiary/aromatic N) is 1. The summed E-state index contributed by atoms with van der Waals surface area (Å²) >= 11 is 0. The van der Waals surface area contributed by atoms with Gasteiger partial charge in [0.1, 0.15) is 5.69 Å². The van der Waals surface area contributed by atoms with Crippen molar-refractivity contribution < 1.29 is 14.3 Å². The summed E-state index contributed by atoms with van der Waals surface area (Å²) in [6.45, 7) is 2.24. The number of hydrogen-bond acceptors (Lipinski definition) is 5. The maximum atomic E-state index is 12.3. The van der Waals surface area contributed by atoms with Crippen LogP contribution in [0.4, 0.5) is 17.1 Å². The number of rotatable bonds is 4. The number of ether oxygens (including phenoxy) is 2. The van der Waals surface area contributed by atoms with E-state index in [0.717, 1.165) is 28.4 Å². The summed E-state index contributed by atoms with van der Waals surface area (Å²) < 4.78 is 10.7. The van der Waals surface area contributed by atoms with E-state index in [9.17, 15) is 4.79 Å². The Bertz CT molecular complexity index is 938. The normalized spacial score (nSPS) is 11.9. The number of hydrogen-bond donors (Lipinski definition) is 2. The van der Waals surface area contributed by atoms with E-state index in [4.69, 9.17) is 9.47 Å². The lowest BCUT2D eigenvalue weighted by atomic mass is 10.2. The van der Waals surface area contributed by atoms with E-state index in [0.29, 0.717) is 11.4 Å². The summed E-state index contributed by atoms with van der Waals surface area (Å²) in [5.41, 5.74) is 3.86. The number of aryl methyl sites for hydroxylation is 1. The van der Waals surface area contributed by atoms with Crippen LogP contribution in [0.3, 0.4) is 0 Å². The van der Waals surface area contributed by atoms with Gasteiger partial charge in [0.15, 0.2) is 11.5 Å². The average Bonchev–Trinajstić information content (AvgIpc) is 3.12. The molecule has 0 unspecified atom stereocenters. The molecular weight excluding hydrogens is 330 g/mol. The third kappa shape index (κ3) is 3.44. The third-order valence-electron chi connectivity index (χ3n) is 3.97. The molecule has 2 aromatic carbocycles. The second kappa shape index (κ2) is 6.76. The number of carbonyl (C=O) groups is 1. The summed E-state index contributed by atoms with van der Waals surface area (Å²) in [5, 5.41) is 6.06. The van der Waals surface area contributed by atoms with Gasteiger partial charge in [-0.2, -0.15) is 0 Å². The first-order chi connectivity index (χ1) is 12.7. The summed E-state index contributed by atoms with van der Waals surface area (Å²) in [5.74, 6) is 1.19. The van der Waals surface area contributed by atoms with Crippen LogP contribution in [0.15, 0.2) is 60.8 Å². The molecule has 1 aliphatic heterocycles. The molecule has 1 aliphatic rings. The van der Waals surface area contributed by atoms with Gasteiger partial charge in [-0.3, -0.25) is 4.79 Å². The van der Waals surface area contributed by atoms with E-state index in [-0.39, 0.29) is 12.7 Å². The van der Waals surface area contributed by atoms with Gasteiger partial charge in [-0.25, -0.2) is 4.98 Å². The molecule has 1 aromatic heterocycles. The van der Waals surface area contributed by atoms with E-state index in [1.54, 1.807) is 12.3 Å². The van der Waals surface area contributed by atoms with Gasteiger partial charge in [0.2, 0.25) is 6.79 Å². The minimum absolute atomic E-state index is 0.241. The number of fused-ring (bicyclic) bond motifs is 1. The fourth-order valence-corrected chi connectivity index (χ4v) is 2.58. The fourth-order valence-electron chi connectivity index (χ4n) is 2.58. The van der Waals surface area contributed by atoms with Crippen LogP contribution < -0.4 is 20.1 Å². The van der Waals surface area contributed by atoms with Crippen molar-refractivity contribution in [3.63, 3.8) is 0 Å². The lowest BCUT2D eigenvalue weighted by Crippen LogP contribution is -2.13. The van der Waals surface area contributed by atoms with Gasteiger partial charge in [0.25, 0.3) is 5.91 Å². The van der Waals surface area contributed by atoms with Crippen molar-refractivity contribution >= 4 is 23.0 Å². The minimum Gasteiger partial charge on any atom is -0.454 e. The van der Waals surface area contributed by atoms with Gasteiger partial charge >= 0.3 is 0 Å². The molecule has 2 N–H and O–H groups in total. The second-order valence-electron chi connectivity index (χ2n) is 5.95. The molecule has 0 atom stereocenters. The lowest BCUT2D eigenvalue weighted by Gasteiger charge is -2.08. The summed E-state index contributed by atoms with van der Waals surface area (Å²) in [4.78, 5) is 16.5. The Hall–Kier alpha value is -3.54. The maximum Gasteiger partial charge on any atom is 0.274 e. The Morgan fingerprint density at radius 3 is 2.42 bits per heavy atom. The highest BCUT2D eigenvalue weighted by atomic mass is 16.7. The topological polar surface area (TPSA) is 72.5 Å². The van der Waals surface area contributed by atoms with Gasteiger partial charge < -0.3 is 20.1 Å². The second-order valence-corrected chi connectivity index (χ2v) is 5.95. The maximum absolute atomic E-state index is 12.3. The van der Waals surface area contributed by atoms with Crippen LogP contribution in [0.2, 0.25) is 0 Å². The Morgan fingerprint density at radius 1 is 0.923 bits per heavy atom. The van der Waals surface area contributed by atoms with Crippen molar-refractivity contribution in [2.24, 2.45) is 0 Å². The predicted octanol–water partition coefficient (Wildman–Crippen LogP) is 4.11. The molecule has 0 radical (unpaired) electrons. The molecule has 2 heterocycles. The molecule has 0 bridgehead atoms. The van der Waals surface area contributed by atoms with E-state index < -0.39 is 0 Å². The van der Waals surface area contributed by atoms with E-state index in [1.807, 2.05) is 55.5 Å². The zero-order chi connectivity index (χ0) is 17.9.